The van der Waals surface area contributed by atoms with E-state index in [2.05, 4.69) is 39.8 Å². The van der Waals surface area contributed by atoms with Crippen LogP contribution in [0.3, 0.4) is 0 Å². The fraction of sp³-hybridized carbons (Fsp3) is 0.735. The molecule has 2 aromatic rings. The molecular weight excluding hydrogens is 1020 g/mol. The van der Waals surface area contributed by atoms with E-state index < -0.39 is 32.4 Å². The third-order valence-electron chi connectivity index (χ3n) is 24.0. The zero-order valence-corrected chi connectivity index (χ0v) is 51.2. The summed E-state index contributed by atoms with van der Waals surface area (Å²) in [6.45, 7) is 18.7. The van der Waals surface area contributed by atoms with Gasteiger partial charge in [0.1, 0.15) is 11.6 Å². The first-order valence-electron chi connectivity index (χ1n) is 31.5. The molecule has 0 N–H and O–H groups in total. The van der Waals surface area contributed by atoms with Gasteiger partial charge in [0.05, 0.1) is 22.0 Å². The number of Topliss-reactive ketones (excluding diaryl/α,β-unsaturated/α-hetero) is 2. The Hall–Kier alpha value is -2.96. The van der Waals surface area contributed by atoms with Crippen LogP contribution >= 0.6 is 0 Å². The summed E-state index contributed by atoms with van der Waals surface area (Å²) in [4.78, 5) is 26.0. The van der Waals surface area contributed by atoms with Crippen molar-refractivity contribution in [2.45, 2.75) is 231 Å². The van der Waals surface area contributed by atoms with Crippen molar-refractivity contribution >= 4 is 31.8 Å². The highest BCUT2D eigenvalue weighted by Gasteiger charge is 2.61. The Labute approximate surface area is 477 Å². The smallest absolute Gasteiger partial charge is 0.297 e. The number of hydrogen-bond donors (Lipinski definition) is 0. The van der Waals surface area contributed by atoms with Gasteiger partial charge in [0.2, 0.25) is 0 Å². The number of fused-ring (bicyclic) bond motifs is 10. The highest BCUT2D eigenvalue weighted by molar-refractivity contribution is 7.87. The number of rotatable bonds is 22. The number of ketones is 2. The molecule has 6 saturated carbocycles. The molecule has 0 bridgehead atoms. The second-order valence-electron chi connectivity index (χ2n) is 28.2. The Kier molecular flexibility index (Phi) is 17.7. The molecule has 8 aliphatic carbocycles. The summed E-state index contributed by atoms with van der Waals surface area (Å²) in [7, 11) is -7.91. The van der Waals surface area contributed by atoms with Crippen molar-refractivity contribution in [3.05, 3.63) is 83.0 Å². The third kappa shape index (κ3) is 11.7. The Balaban J connectivity index is 0.712. The molecule has 0 aromatic heterocycles. The lowest BCUT2D eigenvalue weighted by Gasteiger charge is -2.58. The first-order chi connectivity index (χ1) is 37.6. The fourth-order valence-electron chi connectivity index (χ4n) is 19.5. The third-order valence-corrected chi connectivity index (χ3v) is 26.7. The summed E-state index contributed by atoms with van der Waals surface area (Å²) < 4.78 is 74.5. The summed E-state index contributed by atoms with van der Waals surface area (Å²) >= 11 is 0. The monoisotopic (exact) mass is 1120 g/mol. The summed E-state index contributed by atoms with van der Waals surface area (Å²) in [6.07, 6.45) is 27.9. The summed E-state index contributed by atoms with van der Waals surface area (Å²) in [5, 5.41) is 0. The van der Waals surface area contributed by atoms with Gasteiger partial charge < -0.3 is 4.74 Å². The molecule has 2 aromatic carbocycles. The maximum atomic E-state index is 13.9. The number of ether oxygens (including phenoxy) is 1. The van der Waals surface area contributed by atoms with E-state index in [1.165, 1.54) is 24.0 Å². The van der Waals surface area contributed by atoms with E-state index in [9.17, 15) is 26.4 Å². The van der Waals surface area contributed by atoms with Crippen LogP contribution in [0.5, 0.6) is 0 Å². The maximum absolute atomic E-state index is 13.9. The van der Waals surface area contributed by atoms with Crippen LogP contribution in [0, 0.1) is 94.7 Å². The van der Waals surface area contributed by atoms with Crippen molar-refractivity contribution in [1.82, 2.24) is 0 Å². The molecule has 0 amide bonds. The average molecular weight is 1120 g/mol. The fourth-order valence-corrected chi connectivity index (χ4v) is 21.8. The van der Waals surface area contributed by atoms with Gasteiger partial charge in [-0.2, -0.15) is 16.8 Å². The molecule has 0 heterocycles. The molecule has 2 unspecified atom stereocenters. The first kappa shape index (κ1) is 59.2. The van der Waals surface area contributed by atoms with Crippen molar-refractivity contribution in [3.63, 3.8) is 0 Å². The van der Waals surface area contributed by atoms with Crippen LogP contribution in [0.1, 0.15) is 207 Å². The molecule has 8 aliphatic rings. The van der Waals surface area contributed by atoms with Gasteiger partial charge in [0.15, 0.2) is 0 Å². The molecule has 6 fully saturated rings. The molecular formula is C68H98O9S2. The average Bonchev–Trinajstić information content (AvgIpc) is 3.83. The Morgan fingerprint density at radius 2 is 0.899 bits per heavy atom. The largest absolute Gasteiger partial charge is 0.381 e. The van der Waals surface area contributed by atoms with Gasteiger partial charge in [-0.1, -0.05) is 112 Å². The predicted octanol–water partition coefficient (Wildman–Crippen LogP) is 15.9. The second kappa shape index (κ2) is 23.6. The predicted molar refractivity (Wildman–Crippen MR) is 313 cm³/mol. The lowest BCUT2D eigenvalue weighted by Crippen LogP contribution is -2.51. The summed E-state index contributed by atoms with van der Waals surface area (Å²) in [6, 6.07) is 14.0. The van der Waals surface area contributed by atoms with Gasteiger partial charge >= 0.3 is 0 Å². The lowest BCUT2D eigenvalue weighted by atomic mass is 9.46. The zero-order valence-electron chi connectivity index (χ0n) is 49.6. The minimum Gasteiger partial charge on any atom is -0.381 e. The zero-order chi connectivity index (χ0) is 56.1. The summed E-state index contributed by atoms with van der Waals surface area (Å²) in [5.41, 5.74) is 5.50. The molecule has 436 valence electrons. The van der Waals surface area contributed by atoms with Crippen LogP contribution in [-0.2, 0) is 42.9 Å². The first-order valence-corrected chi connectivity index (χ1v) is 34.4. The summed E-state index contributed by atoms with van der Waals surface area (Å²) in [5.74, 6) is 5.05. The van der Waals surface area contributed by atoms with E-state index in [0.717, 1.165) is 140 Å². The molecule has 16 atom stereocenters. The number of carbonyl (C=O) groups excluding carboxylic acids is 2. The van der Waals surface area contributed by atoms with Gasteiger partial charge in [-0.05, 0) is 249 Å². The van der Waals surface area contributed by atoms with Gasteiger partial charge in [-0.15, -0.1) is 0 Å². The van der Waals surface area contributed by atoms with Crippen LogP contribution in [0.2, 0.25) is 0 Å². The molecule has 79 heavy (non-hydrogen) atoms. The van der Waals surface area contributed by atoms with Crippen molar-refractivity contribution in [2.75, 3.05) is 13.2 Å². The molecule has 10 rings (SSSR count). The number of carbonyl (C=O) groups is 2. The maximum Gasteiger partial charge on any atom is 0.297 e. The standard InChI is InChI=1S/C68H98O9S2/c1-45-17-23-53(24-18-45)78(71,72)76-63(49-33-37-65(5)51(43-49)21-27-55-59-31-29-57(47(3)69)67(59,7)39-35-61(55)65)15-11-9-13-41-75-42-14-10-12-16-64(77-79(73,74)54-25-19-46(2)20-26-54)50-34-38-66(6)52(44-50)22-28-56-60-32-30-58(48(4)70)68(60,8)40-36-62(56)66/h17-26,49-50,55-64H,9-16,27-44H2,1-8H3/t49-,50-,55-,56-,57+,58+,59-,60-,61-,62-,63?,64?,65-,66-,67+,68+/m0/s1. The molecule has 0 aliphatic heterocycles. The second-order valence-corrected chi connectivity index (χ2v) is 31.4. The highest BCUT2D eigenvalue weighted by Crippen LogP contribution is 2.69. The van der Waals surface area contributed by atoms with E-state index in [4.69, 9.17) is 13.1 Å². The molecule has 0 spiro atoms. The Morgan fingerprint density at radius 1 is 0.506 bits per heavy atom. The van der Waals surface area contributed by atoms with Gasteiger partial charge in [-0.3, -0.25) is 18.0 Å². The van der Waals surface area contributed by atoms with Crippen LogP contribution in [0.25, 0.3) is 0 Å². The number of hydrogen-bond acceptors (Lipinski definition) is 9. The number of benzene rings is 2. The van der Waals surface area contributed by atoms with E-state index in [-0.39, 0.29) is 55.1 Å². The van der Waals surface area contributed by atoms with E-state index in [1.54, 1.807) is 38.1 Å². The topological polar surface area (TPSA) is 130 Å². The molecule has 0 saturated heterocycles. The molecule has 11 heteroatoms. The normalized spacial score (nSPS) is 36.8. The number of allylic oxidation sites excluding steroid dienone is 4. The molecule has 0 radical (unpaired) electrons. The Morgan fingerprint density at radius 3 is 1.28 bits per heavy atom. The highest BCUT2D eigenvalue weighted by atomic mass is 32.2. The van der Waals surface area contributed by atoms with Crippen LogP contribution in [0.4, 0.5) is 0 Å². The van der Waals surface area contributed by atoms with Gasteiger partial charge in [-0.25, -0.2) is 0 Å². The van der Waals surface area contributed by atoms with Crippen molar-refractivity contribution in [2.24, 2.45) is 80.8 Å². The van der Waals surface area contributed by atoms with E-state index >= 15 is 0 Å². The quantitative estimate of drug-likeness (QED) is 0.0642. The molecule has 9 nitrogen and oxygen atoms in total. The minimum absolute atomic E-state index is 0.109. The Bertz CT molecular complexity index is 2610. The number of unbranched alkanes of at least 4 members (excludes halogenated alkanes) is 4. The van der Waals surface area contributed by atoms with Crippen LogP contribution in [-0.4, -0.2) is 53.8 Å². The van der Waals surface area contributed by atoms with Crippen molar-refractivity contribution in [1.29, 1.82) is 0 Å². The lowest BCUT2D eigenvalue weighted by molar-refractivity contribution is -0.128. The van der Waals surface area contributed by atoms with Gasteiger partial charge in [0.25, 0.3) is 20.2 Å². The van der Waals surface area contributed by atoms with E-state index in [1.807, 2.05) is 38.1 Å². The number of aryl methyl sites for hydroxylation is 2. The van der Waals surface area contributed by atoms with Crippen LogP contribution < -0.4 is 0 Å². The van der Waals surface area contributed by atoms with Crippen LogP contribution in [0.15, 0.2) is 81.6 Å². The minimum atomic E-state index is -3.96. The van der Waals surface area contributed by atoms with Gasteiger partial charge in [0, 0.05) is 25.0 Å². The van der Waals surface area contributed by atoms with E-state index in [0.29, 0.717) is 73.1 Å². The van der Waals surface area contributed by atoms with Crippen molar-refractivity contribution < 1.29 is 39.5 Å². The SMILES string of the molecule is CC(=O)[C@H]1CC[C@H]2[C@@H]3CC=C4C[C@@H](C(CCCCCOCCCCCC(OS(=O)(=O)c5ccc(C)cc5)[C@H]5CC[C@@]6(C)C(=CC[C@H]7[C@@H]8CC[C@H](C(C)=O)[C@@]8(C)CC[C@@H]76)C5)OS(=O)(=O)c5ccc(C)cc5)CC[C@]4(C)[C@H]3CC[C@]12C. The van der Waals surface area contributed by atoms with Crippen molar-refractivity contribution in [3.8, 4) is 0 Å².